The average Bonchev–Trinajstić information content (AvgIpc) is 2.77. The van der Waals surface area contributed by atoms with Crippen LogP contribution in [0.2, 0.25) is 5.02 Å². The number of pyridine rings is 1. The standard InChI is InChI=1S/C19H18ClF3N3O6PS/c1-4-11-6-14(26(28)29)16(33-34-32-25-10(3)18(27)30-5-2)8-15(11)31-17-13(20)7-12(9-24-17)19(21,22)23/h6-9,33H,4-5H2,1-3H3/b25-10-. The predicted octanol–water partition coefficient (Wildman–Crippen LogP) is 5.84. The van der Waals surface area contributed by atoms with Gasteiger partial charge in [-0.2, -0.15) is 13.2 Å². The fourth-order valence-corrected chi connectivity index (χ4v) is 4.31. The number of halogens is 4. The number of carbonyl (C=O) groups is 1. The topological polar surface area (TPSA) is 113 Å². The summed E-state index contributed by atoms with van der Waals surface area (Å²) in [6, 6.07) is 3.34. The molecule has 0 aliphatic heterocycles. The molecule has 0 spiro atoms. The Morgan fingerprint density at radius 3 is 2.59 bits per heavy atom. The first-order valence-electron chi connectivity index (χ1n) is 9.50. The number of nitro benzene ring substituents is 1. The number of esters is 1. The maximum atomic E-state index is 12.8. The highest BCUT2D eigenvalue weighted by Crippen LogP contribution is 2.39. The third kappa shape index (κ3) is 7.44. The zero-order chi connectivity index (χ0) is 25.5. The normalized spacial score (nSPS) is 12.1. The third-order valence-electron chi connectivity index (χ3n) is 4.03. The zero-order valence-corrected chi connectivity index (χ0v) is 20.5. The molecule has 1 heterocycles. The number of rotatable bonds is 10. The number of ether oxygens (including phenoxy) is 2. The van der Waals surface area contributed by atoms with Crippen LogP contribution < -0.4 is 10.0 Å². The number of carbonyl (C=O) groups excluding carboxylic acids is 1. The lowest BCUT2D eigenvalue weighted by molar-refractivity contribution is -0.383. The maximum absolute atomic E-state index is 12.8. The van der Waals surface area contributed by atoms with E-state index >= 15 is 0 Å². The van der Waals surface area contributed by atoms with Gasteiger partial charge in [0.05, 0.1) is 22.4 Å². The van der Waals surface area contributed by atoms with Crippen molar-refractivity contribution in [2.24, 2.45) is 5.16 Å². The van der Waals surface area contributed by atoms with Crippen LogP contribution in [-0.4, -0.2) is 28.2 Å². The molecule has 0 aliphatic rings. The lowest BCUT2D eigenvalue weighted by atomic mass is 10.1. The monoisotopic (exact) mass is 539 g/mol. The van der Waals surface area contributed by atoms with Gasteiger partial charge in [0.1, 0.15) is 22.4 Å². The molecule has 0 radical (unpaired) electrons. The molecule has 1 atom stereocenters. The van der Waals surface area contributed by atoms with Crippen molar-refractivity contribution in [3.63, 3.8) is 0 Å². The van der Waals surface area contributed by atoms with Gasteiger partial charge in [-0.25, -0.2) is 9.78 Å². The van der Waals surface area contributed by atoms with Crippen LogP contribution >= 0.6 is 31.0 Å². The number of nitrogens with zero attached hydrogens (tertiary/aromatic N) is 3. The Labute approximate surface area is 202 Å². The first kappa shape index (κ1) is 27.6. The van der Waals surface area contributed by atoms with Crippen molar-refractivity contribution in [2.75, 3.05) is 6.61 Å². The van der Waals surface area contributed by atoms with Crippen molar-refractivity contribution < 1.29 is 36.6 Å². The lowest BCUT2D eigenvalue weighted by Gasteiger charge is -2.14. The number of nitro groups is 1. The molecule has 1 aromatic carbocycles. The summed E-state index contributed by atoms with van der Waals surface area (Å²) in [5.74, 6) is -0.816. The number of aromatic nitrogens is 1. The smallest absolute Gasteiger partial charge is 0.417 e. The van der Waals surface area contributed by atoms with Crippen LogP contribution in [0.4, 0.5) is 18.9 Å². The first-order valence-corrected chi connectivity index (χ1v) is 12.3. The van der Waals surface area contributed by atoms with E-state index in [1.165, 1.54) is 19.1 Å². The van der Waals surface area contributed by atoms with E-state index in [9.17, 15) is 28.1 Å². The van der Waals surface area contributed by atoms with E-state index in [1.807, 2.05) is 0 Å². The Morgan fingerprint density at radius 2 is 2.03 bits per heavy atom. The second kappa shape index (κ2) is 12.2. The molecule has 0 saturated carbocycles. The van der Waals surface area contributed by atoms with E-state index in [4.69, 9.17) is 25.4 Å². The van der Waals surface area contributed by atoms with Gasteiger partial charge in [-0.15, -0.1) is 0 Å². The van der Waals surface area contributed by atoms with Crippen LogP contribution in [0.1, 0.15) is 31.9 Å². The SMILES string of the molecule is CCOC(=O)/C(C)=N\OSPc1cc(Oc2ncc(C(F)(F)F)cc2Cl)c(CC)cc1[N+](=O)[O-]. The van der Waals surface area contributed by atoms with Crippen LogP contribution in [0.5, 0.6) is 11.6 Å². The summed E-state index contributed by atoms with van der Waals surface area (Å²) in [6.07, 6.45) is -3.73. The zero-order valence-electron chi connectivity index (χ0n) is 17.9. The van der Waals surface area contributed by atoms with Crippen molar-refractivity contribution in [3.05, 3.63) is 50.7 Å². The largest absolute Gasteiger partial charge is 0.461 e. The number of oxime groups is 1. The highest BCUT2D eigenvalue weighted by atomic mass is 35.5. The molecule has 0 fully saturated rings. The van der Waals surface area contributed by atoms with Crippen LogP contribution in [0.15, 0.2) is 29.6 Å². The number of benzene rings is 1. The molecule has 9 nitrogen and oxygen atoms in total. The summed E-state index contributed by atoms with van der Waals surface area (Å²) in [5, 5.41) is 15.0. The molecular weight excluding hydrogens is 522 g/mol. The minimum Gasteiger partial charge on any atom is -0.461 e. The summed E-state index contributed by atoms with van der Waals surface area (Å²) >= 11 is 6.66. The molecule has 34 heavy (non-hydrogen) atoms. The van der Waals surface area contributed by atoms with E-state index in [0.29, 0.717) is 24.2 Å². The van der Waals surface area contributed by atoms with Gasteiger partial charge >= 0.3 is 12.1 Å². The van der Waals surface area contributed by atoms with Crippen molar-refractivity contribution >= 4 is 53.7 Å². The van der Waals surface area contributed by atoms with Gasteiger partial charge in [-0.1, -0.05) is 23.7 Å². The first-order chi connectivity index (χ1) is 16.0. The molecule has 0 N–H and O–H groups in total. The van der Waals surface area contributed by atoms with Gasteiger partial charge in [0.2, 0.25) is 5.88 Å². The van der Waals surface area contributed by atoms with E-state index in [2.05, 4.69) is 10.1 Å². The molecule has 1 unspecified atom stereocenters. The van der Waals surface area contributed by atoms with E-state index in [0.717, 1.165) is 11.7 Å². The summed E-state index contributed by atoms with van der Waals surface area (Å²) < 4.78 is 53.9. The highest BCUT2D eigenvalue weighted by Gasteiger charge is 2.32. The van der Waals surface area contributed by atoms with Crippen molar-refractivity contribution in [1.29, 1.82) is 0 Å². The van der Waals surface area contributed by atoms with Crippen LogP contribution in [0.3, 0.4) is 0 Å². The second-order valence-electron chi connectivity index (χ2n) is 6.36. The van der Waals surface area contributed by atoms with Gasteiger partial charge < -0.3 is 13.8 Å². The Hall–Kier alpha value is -2.63. The Bertz CT molecular complexity index is 1100. The van der Waals surface area contributed by atoms with E-state index < -0.39 is 22.6 Å². The summed E-state index contributed by atoms with van der Waals surface area (Å²) in [5.41, 5.74) is -0.878. The van der Waals surface area contributed by atoms with Gasteiger partial charge in [0, 0.05) is 25.6 Å². The van der Waals surface area contributed by atoms with Gasteiger partial charge in [0.15, 0.2) is 5.71 Å². The van der Waals surface area contributed by atoms with Crippen molar-refractivity contribution in [1.82, 2.24) is 4.98 Å². The van der Waals surface area contributed by atoms with Crippen LogP contribution in [0, 0.1) is 10.1 Å². The summed E-state index contributed by atoms with van der Waals surface area (Å²) in [4.78, 5) is 26.1. The molecule has 0 bridgehead atoms. The van der Waals surface area contributed by atoms with Crippen molar-refractivity contribution in [3.8, 4) is 11.6 Å². The van der Waals surface area contributed by atoms with Crippen LogP contribution in [0.25, 0.3) is 0 Å². The summed E-state index contributed by atoms with van der Waals surface area (Å²) in [6.45, 7) is 4.90. The summed E-state index contributed by atoms with van der Waals surface area (Å²) in [7, 11) is -0.356. The molecule has 0 saturated heterocycles. The molecule has 184 valence electrons. The fourth-order valence-electron chi connectivity index (χ4n) is 2.39. The lowest BCUT2D eigenvalue weighted by Crippen LogP contribution is -2.13. The fraction of sp³-hybridized carbons (Fsp3) is 0.316. The number of hydrogen-bond acceptors (Lipinski definition) is 9. The quantitative estimate of drug-likeness (QED) is 0.0704. The number of alkyl halides is 3. The maximum Gasteiger partial charge on any atom is 0.417 e. The van der Waals surface area contributed by atoms with Gasteiger partial charge in [-0.05, 0) is 32.4 Å². The number of aryl methyl sites for hydroxylation is 1. The molecule has 1 aromatic heterocycles. The van der Waals surface area contributed by atoms with Crippen LogP contribution in [-0.2, 0) is 26.4 Å². The van der Waals surface area contributed by atoms with E-state index in [1.54, 1.807) is 13.8 Å². The highest BCUT2D eigenvalue weighted by molar-refractivity contribution is 8.49. The second-order valence-corrected chi connectivity index (χ2v) is 8.93. The Balaban J connectivity index is 2.29. The van der Waals surface area contributed by atoms with Gasteiger partial charge in [0.25, 0.3) is 5.69 Å². The minimum atomic E-state index is -4.63. The van der Waals surface area contributed by atoms with Crippen molar-refractivity contribution in [2.45, 2.75) is 33.4 Å². The molecule has 15 heteroatoms. The molecule has 2 rings (SSSR count). The Morgan fingerprint density at radius 1 is 1.32 bits per heavy atom. The minimum absolute atomic E-state index is 0.0398. The molecule has 0 amide bonds. The molecule has 2 aromatic rings. The predicted molar refractivity (Wildman–Crippen MR) is 123 cm³/mol. The van der Waals surface area contributed by atoms with Gasteiger partial charge in [-0.3, -0.25) is 10.1 Å². The molecular formula is C19H18ClF3N3O6PS. The average molecular weight is 540 g/mol. The molecule has 0 aliphatic carbocycles. The number of hydrogen-bond donors (Lipinski definition) is 0. The Kier molecular flexibility index (Phi) is 9.90. The van der Waals surface area contributed by atoms with E-state index in [-0.39, 0.29) is 47.7 Å². The third-order valence-corrected chi connectivity index (χ3v) is 6.29.